The number of hydrogen-bond acceptors (Lipinski definition) is 16. The van der Waals surface area contributed by atoms with Gasteiger partial charge in [-0.1, -0.05) is 37.4 Å². The Morgan fingerprint density at radius 3 is 1.19 bits per heavy atom. The average Bonchev–Trinajstić information content (AvgIpc) is 3.33. The predicted octanol–water partition coefficient (Wildman–Crippen LogP) is 6.88. The molecule has 67 heavy (non-hydrogen) atoms. The first-order valence-corrected chi connectivity index (χ1v) is 22.2. The van der Waals surface area contributed by atoms with Crippen LogP contribution >= 0.6 is 0 Å². The van der Waals surface area contributed by atoms with Gasteiger partial charge in [0.1, 0.15) is 49.4 Å². The van der Waals surface area contributed by atoms with Crippen molar-refractivity contribution in [1.29, 1.82) is 0 Å². The summed E-state index contributed by atoms with van der Waals surface area (Å²) in [5, 5.41) is 0. The largest absolute Gasteiger partial charge is 0.462 e. The van der Waals surface area contributed by atoms with Gasteiger partial charge in [0.2, 0.25) is 0 Å². The van der Waals surface area contributed by atoms with Gasteiger partial charge in [0.05, 0.1) is 36.5 Å². The first kappa shape index (κ1) is 50.9. The quantitative estimate of drug-likeness (QED) is 0.0372. The van der Waals surface area contributed by atoms with Crippen molar-refractivity contribution in [3.05, 3.63) is 108 Å². The van der Waals surface area contributed by atoms with E-state index in [0.29, 0.717) is 102 Å². The fourth-order valence-electron chi connectivity index (χ4n) is 7.69. The van der Waals surface area contributed by atoms with Crippen LogP contribution in [0, 0.1) is 44.4 Å². The maximum absolute atomic E-state index is 13.4. The van der Waals surface area contributed by atoms with Gasteiger partial charge in [0, 0.05) is 12.2 Å². The van der Waals surface area contributed by atoms with E-state index in [2.05, 4.69) is 13.2 Å². The minimum Gasteiger partial charge on any atom is -0.462 e. The number of ether oxygens (including phenoxy) is 8. The smallest absolute Gasteiger partial charge is 0.330 e. The van der Waals surface area contributed by atoms with E-state index in [9.17, 15) is 38.4 Å². The Kier molecular flexibility index (Phi) is 19.0. The van der Waals surface area contributed by atoms with Crippen molar-refractivity contribution in [1.82, 2.24) is 0 Å². The van der Waals surface area contributed by atoms with Gasteiger partial charge in [-0.2, -0.15) is 0 Å². The molecular formula is C51H56O16. The fraction of sp³-hybridized carbons (Fsp3) is 0.412. The van der Waals surface area contributed by atoms with Gasteiger partial charge in [-0.25, -0.2) is 9.59 Å². The van der Waals surface area contributed by atoms with E-state index in [1.165, 1.54) is 0 Å². The molecule has 2 aliphatic rings. The molecule has 0 bridgehead atoms. The Labute approximate surface area is 388 Å². The summed E-state index contributed by atoms with van der Waals surface area (Å²) < 4.78 is 42.7. The molecule has 0 aromatic heterocycles. The third-order valence-electron chi connectivity index (χ3n) is 11.7. The number of esters is 8. The van der Waals surface area contributed by atoms with E-state index in [4.69, 9.17) is 37.9 Å². The van der Waals surface area contributed by atoms with Crippen LogP contribution in [-0.4, -0.2) is 74.2 Å². The summed E-state index contributed by atoms with van der Waals surface area (Å²) in [7, 11) is 0. The zero-order valence-corrected chi connectivity index (χ0v) is 38.0. The molecule has 16 heteroatoms. The van der Waals surface area contributed by atoms with Gasteiger partial charge in [0.15, 0.2) is 0 Å². The van der Waals surface area contributed by atoms with Gasteiger partial charge >= 0.3 is 47.8 Å². The highest BCUT2D eigenvalue weighted by Gasteiger charge is 2.34. The molecule has 2 aliphatic carbocycles. The summed E-state index contributed by atoms with van der Waals surface area (Å²) in [5.74, 6) is -4.05. The first-order chi connectivity index (χ1) is 32.1. The summed E-state index contributed by atoms with van der Waals surface area (Å²) in [5.41, 5.74) is 3.22. The van der Waals surface area contributed by atoms with Crippen molar-refractivity contribution in [2.24, 2.45) is 23.7 Å². The van der Waals surface area contributed by atoms with E-state index in [0.717, 1.165) is 12.2 Å². The molecule has 0 radical (unpaired) electrons. The number of hydrogen-bond donors (Lipinski definition) is 0. The first-order valence-electron chi connectivity index (χ1n) is 22.2. The number of benzene rings is 3. The Bertz CT molecular complexity index is 2300. The molecule has 0 aliphatic heterocycles. The minimum absolute atomic E-state index is 0.0154. The van der Waals surface area contributed by atoms with Crippen LogP contribution in [0.15, 0.2) is 79.9 Å². The third kappa shape index (κ3) is 15.5. The average molecular weight is 925 g/mol. The molecule has 0 amide bonds. The zero-order valence-electron chi connectivity index (χ0n) is 38.0. The molecule has 16 nitrogen and oxygen atoms in total. The number of carbonyl (C=O) groups is 8. The molecule has 0 unspecified atom stereocenters. The number of rotatable bonds is 20. The molecule has 0 heterocycles. The van der Waals surface area contributed by atoms with E-state index in [1.807, 2.05) is 0 Å². The zero-order chi connectivity index (χ0) is 48.5. The van der Waals surface area contributed by atoms with Gasteiger partial charge in [-0.05, 0) is 130 Å². The Morgan fingerprint density at radius 2 is 0.821 bits per heavy atom. The van der Waals surface area contributed by atoms with Gasteiger partial charge < -0.3 is 37.9 Å². The Morgan fingerprint density at radius 1 is 0.478 bits per heavy atom. The molecule has 3 aromatic rings. The SMILES string of the molecule is C=CC(=O)OCCOC(=O)Cc1ccc(OC(=O)[C@H]2CC[C@H](C(=O)Oc3cc(C)c(OC(=O)[C@H]4CC[C@H](C(=O)Oc5ccc(CC(=O)OCCOC(=O)C=C)cc5)CC4)c(C)c3C)CC2)cc1. The molecule has 356 valence electrons. The summed E-state index contributed by atoms with van der Waals surface area (Å²) >= 11 is 0. The molecule has 5 rings (SSSR count). The topological polar surface area (TPSA) is 210 Å². The normalized spacial score (nSPS) is 17.7. The highest BCUT2D eigenvalue weighted by atomic mass is 16.6. The molecule has 2 fully saturated rings. The maximum Gasteiger partial charge on any atom is 0.330 e. The Hall–Kier alpha value is -7.10. The van der Waals surface area contributed by atoms with Crippen LogP contribution < -0.4 is 18.9 Å². The summed E-state index contributed by atoms with van der Waals surface area (Å²) in [6.45, 7) is 11.6. The highest BCUT2D eigenvalue weighted by molar-refractivity contribution is 5.82. The van der Waals surface area contributed by atoms with E-state index < -0.39 is 71.4 Å². The summed E-state index contributed by atoms with van der Waals surface area (Å²) in [6, 6.07) is 14.7. The summed E-state index contributed by atoms with van der Waals surface area (Å²) in [6.07, 6.45) is 5.52. The van der Waals surface area contributed by atoms with Gasteiger partial charge in [-0.3, -0.25) is 28.8 Å². The second-order valence-corrected chi connectivity index (χ2v) is 16.4. The lowest BCUT2D eigenvalue weighted by atomic mass is 9.82. The molecule has 0 atom stereocenters. The molecule has 0 spiro atoms. The van der Waals surface area contributed by atoms with Crippen molar-refractivity contribution in [3.8, 4) is 23.0 Å². The fourth-order valence-corrected chi connectivity index (χ4v) is 7.69. The summed E-state index contributed by atoms with van der Waals surface area (Å²) in [4.78, 5) is 99.0. The lowest BCUT2D eigenvalue weighted by molar-refractivity contribution is -0.149. The van der Waals surface area contributed by atoms with E-state index in [1.54, 1.807) is 75.4 Å². The molecular weight excluding hydrogens is 869 g/mol. The van der Waals surface area contributed by atoms with Crippen LogP contribution in [-0.2, 0) is 70.1 Å². The van der Waals surface area contributed by atoms with Crippen LogP contribution in [0.3, 0.4) is 0 Å². The number of aryl methyl sites for hydroxylation is 1. The standard InChI is InChI=1S/C51H56O16/c1-6-43(52)60-24-26-62-45(54)29-34-8-20-40(21-9-34)64-48(56)36-12-16-38(17-13-36)50(58)66-42-28-31(3)47(33(5)32(42)4)67-51(59)39-18-14-37(15-19-39)49(57)65-41-22-10-35(11-23-41)30-46(55)63-27-25-61-44(53)7-2/h6-11,20-23,28,36-39H,1-2,12-19,24-27,29-30H2,3-5H3/t36-,37-,38-,39-. The van der Waals surface area contributed by atoms with Crippen LogP contribution in [0.1, 0.15) is 79.2 Å². The molecule has 0 saturated heterocycles. The van der Waals surface area contributed by atoms with Crippen molar-refractivity contribution in [3.63, 3.8) is 0 Å². The Balaban J connectivity index is 1.01. The second-order valence-electron chi connectivity index (χ2n) is 16.4. The number of carbonyl (C=O) groups excluding carboxylic acids is 8. The van der Waals surface area contributed by atoms with Crippen LogP contribution in [0.2, 0.25) is 0 Å². The molecule has 2 saturated carbocycles. The molecule has 0 N–H and O–H groups in total. The van der Waals surface area contributed by atoms with Gasteiger partial charge in [0.25, 0.3) is 0 Å². The van der Waals surface area contributed by atoms with Crippen LogP contribution in [0.5, 0.6) is 23.0 Å². The predicted molar refractivity (Wildman–Crippen MR) is 239 cm³/mol. The monoisotopic (exact) mass is 924 g/mol. The van der Waals surface area contributed by atoms with Crippen LogP contribution in [0.25, 0.3) is 0 Å². The maximum atomic E-state index is 13.4. The van der Waals surface area contributed by atoms with E-state index in [-0.39, 0.29) is 39.3 Å². The highest BCUT2D eigenvalue weighted by Crippen LogP contribution is 2.38. The van der Waals surface area contributed by atoms with Crippen molar-refractivity contribution >= 4 is 47.8 Å². The van der Waals surface area contributed by atoms with Crippen LogP contribution in [0.4, 0.5) is 0 Å². The minimum atomic E-state index is -0.605. The second kappa shape index (κ2) is 25.0. The van der Waals surface area contributed by atoms with Crippen molar-refractivity contribution in [2.45, 2.75) is 85.0 Å². The lowest BCUT2D eigenvalue weighted by Crippen LogP contribution is -2.31. The third-order valence-corrected chi connectivity index (χ3v) is 11.7. The van der Waals surface area contributed by atoms with Gasteiger partial charge in [-0.15, -0.1) is 0 Å². The van der Waals surface area contributed by atoms with Crippen molar-refractivity contribution < 1.29 is 76.3 Å². The lowest BCUT2D eigenvalue weighted by Gasteiger charge is -2.27. The van der Waals surface area contributed by atoms with Crippen molar-refractivity contribution in [2.75, 3.05) is 26.4 Å². The van der Waals surface area contributed by atoms with E-state index >= 15 is 0 Å². The molecule has 3 aromatic carbocycles.